The van der Waals surface area contributed by atoms with Crippen LogP contribution >= 0.6 is 0 Å². The molecule has 10 rings (SSSR count). The van der Waals surface area contributed by atoms with Crippen LogP contribution < -0.4 is 10.4 Å². The lowest BCUT2D eigenvalue weighted by Gasteiger charge is -2.45. The van der Waals surface area contributed by atoms with E-state index >= 15 is 0 Å². The maximum absolute atomic E-state index is 15.0. The van der Waals surface area contributed by atoms with Crippen molar-refractivity contribution in [3.8, 4) is 5.75 Å². The number of hydrogen-bond acceptors (Lipinski definition) is 8. The second kappa shape index (κ2) is 19.1. The van der Waals surface area contributed by atoms with Gasteiger partial charge >= 0.3 is 17.6 Å². The first-order valence-corrected chi connectivity index (χ1v) is 23.3. The molecule has 4 aliphatic rings. The highest BCUT2D eigenvalue weighted by Gasteiger charge is 2.53. The molecule has 1 aromatic heterocycles. The summed E-state index contributed by atoms with van der Waals surface area (Å²) in [6.45, 7) is 5.33. The Balaban J connectivity index is 1.12. The Morgan fingerprint density at radius 3 is 2.23 bits per heavy atom. The number of ether oxygens (including phenoxy) is 3. The smallest absolute Gasteiger partial charge is 0.336 e. The number of aliphatic hydroxyl groups is 1. The van der Waals surface area contributed by atoms with Crippen LogP contribution in [0.2, 0.25) is 0 Å². The second-order valence-corrected chi connectivity index (χ2v) is 18.8. The van der Waals surface area contributed by atoms with E-state index in [1.807, 2.05) is 45.0 Å². The van der Waals surface area contributed by atoms with E-state index in [0.717, 1.165) is 48.8 Å². The lowest BCUT2D eigenvalue weighted by Crippen LogP contribution is -2.54. The summed E-state index contributed by atoms with van der Waals surface area (Å²) in [5, 5.41) is 10.9. The van der Waals surface area contributed by atoms with E-state index in [1.54, 1.807) is 12.1 Å². The summed E-state index contributed by atoms with van der Waals surface area (Å²) in [6.07, 6.45) is 4.32. The highest BCUT2D eigenvalue weighted by molar-refractivity contribution is 5.90. The molecule has 1 saturated carbocycles. The van der Waals surface area contributed by atoms with E-state index in [2.05, 4.69) is 84.9 Å². The minimum Gasteiger partial charge on any atom is -0.483 e. The molecule has 1 N–H and O–H groups in total. The zero-order valence-electron chi connectivity index (χ0n) is 37.6. The van der Waals surface area contributed by atoms with Crippen LogP contribution in [0.1, 0.15) is 128 Å². The van der Waals surface area contributed by atoms with Gasteiger partial charge in [0.15, 0.2) is 12.2 Å². The lowest BCUT2D eigenvalue weighted by atomic mass is 9.68. The van der Waals surface area contributed by atoms with Gasteiger partial charge in [0, 0.05) is 23.4 Å². The van der Waals surface area contributed by atoms with Crippen molar-refractivity contribution in [2.24, 2.45) is 5.92 Å². The molecule has 6 atom stereocenters. The van der Waals surface area contributed by atoms with Gasteiger partial charge in [0.1, 0.15) is 16.9 Å². The Kier molecular flexibility index (Phi) is 12.9. The second-order valence-electron chi connectivity index (χ2n) is 18.8. The summed E-state index contributed by atoms with van der Waals surface area (Å²) in [5.41, 5.74) is 7.63. The van der Waals surface area contributed by atoms with Crippen LogP contribution in [0.3, 0.4) is 0 Å². The van der Waals surface area contributed by atoms with Crippen molar-refractivity contribution in [3.05, 3.63) is 193 Å². The van der Waals surface area contributed by atoms with E-state index in [-0.39, 0.29) is 29.8 Å². The molecule has 6 unspecified atom stereocenters. The Labute approximate surface area is 381 Å². The predicted molar refractivity (Wildman–Crippen MR) is 252 cm³/mol. The Morgan fingerprint density at radius 2 is 1.49 bits per heavy atom. The number of carbonyl (C=O) groups excluding carboxylic acids is 2. The summed E-state index contributed by atoms with van der Waals surface area (Å²) in [7, 11) is 0. The Hall–Kier alpha value is -6.25. The summed E-state index contributed by atoms with van der Waals surface area (Å²) in [4.78, 5) is 42.8. The minimum absolute atomic E-state index is 0.0564. The summed E-state index contributed by atoms with van der Waals surface area (Å²) in [5.74, 6) is -0.278. The number of benzene rings is 5. The molecule has 0 saturated heterocycles. The number of esters is 2. The van der Waals surface area contributed by atoms with Crippen molar-refractivity contribution in [3.63, 3.8) is 0 Å². The van der Waals surface area contributed by atoms with Gasteiger partial charge in [-0.1, -0.05) is 115 Å². The molecule has 1 fully saturated rings. The molecule has 8 heteroatoms. The standard InChI is InChI=1S/C57H58O8/c1-36(2)46-25-21-38-19-22-41(23-20-38)47-26-24-43(42-18-10-16-40(31-42)30-39-14-8-5-9-15-39)32-44(47)33-50(59)63-54-52-49(28-27-48-45(35-58)34-51(60)62-53(48)52)65-57(3,55(54)64-56(46)61)29-11-17-37-12-6-4-7-13-37/h4-10,12-16,18-20,22-23,27-28,31,34,43-44,47,54-55,58H,11,17,21,24-26,29-30,32-33,35H2,1-3H3. The number of allylic oxidation sites excluding steroid dienone is 1. The number of hydrogen-bond donors (Lipinski definition) is 1. The molecule has 8 nitrogen and oxygen atoms in total. The van der Waals surface area contributed by atoms with E-state index in [9.17, 15) is 19.5 Å². The van der Waals surface area contributed by atoms with Gasteiger partial charge in [-0.05, 0) is 147 Å². The average Bonchev–Trinajstić information content (AvgIpc) is 3.30. The first-order chi connectivity index (χ1) is 31.5. The molecule has 65 heavy (non-hydrogen) atoms. The molecular weight excluding hydrogens is 813 g/mol. The maximum Gasteiger partial charge on any atom is 0.336 e. The van der Waals surface area contributed by atoms with E-state index in [4.69, 9.17) is 18.6 Å². The fourth-order valence-electron chi connectivity index (χ4n) is 10.7. The van der Waals surface area contributed by atoms with Crippen molar-refractivity contribution >= 4 is 22.9 Å². The highest BCUT2D eigenvalue weighted by Crippen LogP contribution is 2.51. The van der Waals surface area contributed by atoms with Crippen LogP contribution in [0, 0.1) is 5.92 Å². The minimum atomic E-state index is -1.20. The van der Waals surface area contributed by atoms with Crippen molar-refractivity contribution in [2.75, 3.05) is 0 Å². The van der Waals surface area contributed by atoms with Gasteiger partial charge in [-0.25, -0.2) is 9.59 Å². The molecule has 2 bridgehead atoms. The van der Waals surface area contributed by atoms with E-state index < -0.39 is 42.0 Å². The van der Waals surface area contributed by atoms with Gasteiger partial charge in [-0.2, -0.15) is 0 Å². The molecule has 5 aromatic carbocycles. The van der Waals surface area contributed by atoms with Crippen LogP contribution in [0.5, 0.6) is 5.75 Å². The zero-order valence-corrected chi connectivity index (χ0v) is 37.6. The van der Waals surface area contributed by atoms with Crippen LogP contribution in [0.25, 0.3) is 11.0 Å². The molecule has 6 aromatic rings. The summed E-state index contributed by atoms with van der Waals surface area (Å²) < 4.78 is 26.3. The Bertz CT molecular complexity index is 2750. The molecule has 0 spiro atoms. The largest absolute Gasteiger partial charge is 0.483 e. The number of carbonyl (C=O) groups is 2. The van der Waals surface area contributed by atoms with Crippen LogP contribution in [0.4, 0.5) is 0 Å². The molecule has 0 radical (unpaired) electrons. The zero-order chi connectivity index (χ0) is 45.1. The molecular formula is C57H58O8. The molecule has 334 valence electrons. The van der Waals surface area contributed by atoms with E-state index in [0.29, 0.717) is 53.5 Å². The SMILES string of the molecule is CC(C)=C1CCc2ccc(cc2)C2CCC(c3cccc(Cc4ccccc4)c3)CC2CC(=O)OC2c3c(ccc4c(CO)cc(=O)oc34)OC(C)(CCCc3ccccc3)C2OC1=O. The average molecular weight is 871 g/mol. The predicted octanol–water partition coefficient (Wildman–Crippen LogP) is 11.6. The fraction of sp³-hybridized carbons (Fsp3) is 0.351. The summed E-state index contributed by atoms with van der Waals surface area (Å²) >= 11 is 0. The van der Waals surface area contributed by atoms with Crippen LogP contribution in [-0.4, -0.2) is 28.8 Å². The van der Waals surface area contributed by atoms with Gasteiger partial charge in [0.05, 0.1) is 12.2 Å². The first-order valence-electron chi connectivity index (χ1n) is 23.3. The van der Waals surface area contributed by atoms with Crippen molar-refractivity contribution in [1.82, 2.24) is 0 Å². The van der Waals surface area contributed by atoms with Crippen molar-refractivity contribution in [2.45, 2.75) is 121 Å². The van der Waals surface area contributed by atoms with Gasteiger partial charge < -0.3 is 23.7 Å². The maximum atomic E-state index is 15.0. The highest BCUT2D eigenvalue weighted by atomic mass is 16.6. The fourth-order valence-corrected chi connectivity index (χ4v) is 10.7. The quantitative estimate of drug-likeness (QED) is 0.0914. The Morgan fingerprint density at radius 1 is 0.754 bits per heavy atom. The molecule has 1 aliphatic carbocycles. The monoisotopic (exact) mass is 870 g/mol. The first kappa shape index (κ1) is 44.0. The third-order valence-electron chi connectivity index (χ3n) is 14.2. The van der Waals surface area contributed by atoms with Crippen LogP contribution in [0.15, 0.2) is 148 Å². The summed E-state index contributed by atoms with van der Waals surface area (Å²) in [6, 6.07) is 43.1. The molecule has 3 aliphatic heterocycles. The topological polar surface area (TPSA) is 112 Å². The van der Waals surface area contributed by atoms with Gasteiger partial charge in [-0.3, -0.25) is 4.79 Å². The number of rotatable bonds is 8. The van der Waals surface area contributed by atoms with E-state index in [1.165, 1.54) is 28.3 Å². The third-order valence-corrected chi connectivity index (χ3v) is 14.2. The normalized spacial score (nSPS) is 23.4. The van der Waals surface area contributed by atoms with Gasteiger partial charge in [0.25, 0.3) is 0 Å². The van der Waals surface area contributed by atoms with Crippen LogP contribution in [-0.2, 0) is 44.9 Å². The number of fused-ring (bicyclic) bond motifs is 11. The van der Waals surface area contributed by atoms with Gasteiger partial charge in [0.2, 0.25) is 0 Å². The van der Waals surface area contributed by atoms with Crippen molar-refractivity contribution in [1.29, 1.82) is 0 Å². The molecule has 4 heterocycles. The van der Waals surface area contributed by atoms with Gasteiger partial charge in [-0.15, -0.1) is 0 Å². The number of aryl methyl sites for hydroxylation is 2. The molecule has 0 amide bonds. The third kappa shape index (κ3) is 9.60. The lowest BCUT2D eigenvalue weighted by molar-refractivity contribution is -0.192. The van der Waals surface area contributed by atoms with Crippen molar-refractivity contribution < 1.29 is 33.3 Å². The number of aliphatic hydroxyl groups excluding tert-OH is 1.